The van der Waals surface area contributed by atoms with Crippen molar-refractivity contribution in [3.63, 3.8) is 0 Å². The maximum Gasteiger partial charge on any atom is 0.416 e. The summed E-state index contributed by atoms with van der Waals surface area (Å²) in [5.74, 6) is 0.909. The molecule has 8 heteroatoms. The molecule has 1 N–H and O–H groups in total. The van der Waals surface area contributed by atoms with Crippen molar-refractivity contribution in [2.45, 2.75) is 39.0 Å². The zero-order chi connectivity index (χ0) is 23.1. The molecule has 3 nitrogen and oxygen atoms in total. The van der Waals surface area contributed by atoms with E-state index in [-0.39, 0.29) is 30.0 Å². The van der Waals surface area contributed by atoms with Crippen LogP contribution in [0.15, 0.2) is 60.7 Å². The van der Waals surface area contributed by atoms with Crippen LogP contribution >= 0.6 is 24.0 Å². The Hall–Kier alpha value is -2.70. The number of benzene rings is 3. The topological polar surface area (TPSA) is 37.9 Å². The van der Waals surface area contributed by atoms with Gasteiger partial charge in [0.05, 0.1) is 22.2 Å². The van der Waals surface area contributed by atoms with Crippen molar-refractivity contribution in [1.82, 2.24) is 9.97 Å². The molecule has 0 aliphatic rings. The first-order chi connectivity index (χ1) is 15.0. The lowest BCUT2D eigenvalue weighted by atomic mass is 9.87. The van der Waals surface area contributed by atoms with Gasteiger partial charge in [0, 0.05) is 10.6 Å². The number of imidazole rings is 1. The highest BCUT2D eigenvalue weighted by Gasteiger charge is 2.33. The summed E-state index contributed by atoms with van der Waals surface area (Å²) in [6, 6.07) is 16.4. The fourth-order valence-electron chi connectivity index (χ4n) is 3.49. The second kappa shape index (κ2) is 9.27. The molecule has 1 heterocycles. The molecule has 0 unspecified atom stereocenters. The van der Waals surface area contributed by atoms with E-state index in [2.05, 4.69) is 36.8 Å². The number of rotatable bonds is 4. The van der Waals surface area contributed by atoms with Crippen LogP contribution in [0, 0.1) is 0 Å². The van der Waals surface area contributed by atoms with Crippen LogP contribution in [-0.2, 0) is 18.2 Å². The van der Waals surface area contributed by atoms with E-state index in [9.17, 15) is 13.2 Å². The number of ether oxygens (including phenoxy) is 1. The van der Waals surface area contributed by atoms with Crippen LogP contribution in [0.2, 0.25) is 5.02 Å². The van der Waals surface area contributed by atoms with Crippen molar-refractivity contribution in [2.24, 2.45) is 0 Å². The maximum absolute atomic E-state index is 13.3. The molecule has 0 bridgehead atoms. The van der Waals surface area contributed by atoms with Gasteiger partial charge < -0.3 is 9.72 Å². The number of aromatic amines is 1. The molecular weight excluding hydrogens is 472 g/mol. The Morgan fingerprint density at radius 3 is 2.39 bits per heavy atom. The van der Waals surface area contributed by atoms with E-state index in [0.717, 1.165) is 22.7 Å². The van der Waals surface area contributed by atoms with Crippen molar-refractivity contribution < 1.29 is 17.9 Å². The maximum atomic E-state index is 13.3. The Kier molecular flexibility index (Phi) is 7.01. The molecule has 0 radical (unpaired) electrons. The summed E-state index contributed by atoms with van der Waals surface area (Å²) in [6.07, 6.45) is -4.46. The molecule has 0 saturated carbocycles. The minimum absolute atomic E-state index is 0. The lowest BCUT2D eigenvalue weighted by molar-refractivity contribution is -0.138. The first-order valence-electron chi connectivity index (χ1n) is 10.1. The van der Waals surface area contributed by atoms with Crippen LogP contribution in [0.3, 0.4) is 0 Å². The number of nitrogens with zero attached hydrogens (tertiary/aromatic N) is 1. The van der Waals surface area contributed by atoms with Crippen LogP contribution in [0.4, 0.5) is 13.2 Å². The van der Waals surface area contributed by atoms with Gasteiger partial charge in [-0.1, -0.05) is 56.6 Å². The number of hydrogen-bond donors (Lipinski definition) is 1. The molecule has 4 aromatic rings. The first kappa shape index (κ1) is 24.9. The number of nitrogens with one attached hydrogen (secondary N) is 1. The summed E-state index contributed by atoms with van der Waals surface area (Å²) in [7, 11) is 0. The van der Waals surface area contributed by atoms with E-state index in [1.165, 1.54) is 12.1 Å². The molecule has 1 aromatic heterocycles. The number of aromatic nitrogens is 2. The average molecular weight is 495 g/mol. The van der Waals surface area contributed by atoms with Crippen molar-refractivity contribution in [1.29, 1.82) is 0 Å². The van der Waals surface area contributed by atoms with Crippen LogP contribution in [-0.4, -0.2) is 9.97 Å². The monoisotopic (exact) mass is 494 g/mol. The van der Waals surface area contributed by atoms with E-state index in [0.29, 0.717) is 22.2 Å². The normalized spacial score (nSPS) is 12.0. The minimum Gasteiger partial charge on any atom is -0.488 e. The fourth-order valence-corrected chi connectivity index (χ4v) is 3.66. The van der Waals surface area contributed by atoms with Gasteiger partial charge in [-0.25, -0.2) is 4.98 Å². The Bertz CT molecular complexity index is 1280. The van der Waals surface area contributed by atoms with Gasteiger partial charge in [0.2, 0.25) is 0 Å². The molecule has 0 amide bonds. The smallest absolute Gasteiger partial charge is 0.416 e. The summed E-state index contributed by atoms with van der Waals surface area (Å²) < 4.78 is 45.8. The van der Waals surface area contributed by atoms with E-state index < -0.39 is 11.7 Å². The molecule has 0 saturated heterocycles. The van der Waals surface area contributed by atoms with Crippen LogP contribution < -0.4 is 4.74 Å². The summed E-state index contributed by atoms with van der Waals surface area (Å²) in [5.41, 5.74) is 2.75. The predicted molar refractivity (Wildman–Crippen MR) is 128 cm³/mol. The fraction of sp³-hybridized carbons (Fsp3) is 0.240. The highest BCUT2D eigenvalue weighted by Crippen LogP contribution is 2.36. The molecule has 0 aliphatic carbocycles. The SMILES string of the molecule is CC(C)(C)c1ccc2nc(-c3ccc(Cl)cc3OCc3ccccc3C(F)(F)F)[nH]c2c1.Cl. The van der Waals surface area contributed by atoms with Gasteiger partial charge in [0.1, 0.15) is 18.2 Å². The molecule has 3 aromatic carbocycles. The van der Waals surface area contributed by atoms with Gasteiger partial charge in [-0.15, -0.1) is 12.4 Å². The third-order valence-electron chi connectivity index (χ3n) is 5.25. The number of fused-ring (bicyclic) bond motifs is 1. The zero-order valence-electron chi connectivity index (χ0n) is 18.3. The summed E-state index contributed by atoms with van der Waals surface area (Å²) in [4.78, 5) is 7.95. The standard InChI is InChI=1S/C25H22ClF3N2O.ClH/c1-24(2,3)16-8-11-20-21(12-16)31-23(30-20)18-10-9-17(26)13-22(18)32-14-15-6-4-5-7-19(15)25(27,28)29;/h4-13H,14H2,1-3H3,(H,30,31);1H. The van der Waals surface area contributed by atoms with E-state index in [1.54, 1.807) is 24.3 Å². The molecular formula is C25H23Cl2F3N2O. The summed E-state index contributed by atoms with van der Waals surface area (Å²) >= 11 is 6.15. The Labute approximate surface area is 201 Å². The summed E-state index contributed by atoms with van der Waals surface area (Å²) in [5, 5.41) is 0.416. The van der Waals surface area contributed by atoms with E-state index >= 15 is 0 Å². The van der Waals surface area contributed by atoms with Gasteiger partial charge in [-0.3, -0.25) is 0 Å². The van der Waals surface area contributed by atoms with E-state index in [4.69, 9.17) is 16.3 Å². The van der Waals surface area contributed by atoms with E-state index in [1.807, 2.05) is 12.1 Å². The molecule has 4 rings (SSSR count). The Balaban J connectivity index is 0.00000306. The molecule has 33 heavy (non-hydrogen) atoms. The lowest BCUT2D eigenvalue weighted by Gasteiger charge is -2.18. The number of H-pyrrole nitrogens is 1. The third kappa shape index (κ3) is 5.45. The van der Waals surface area contributed by atoms with Crippen LogP contribution in [0.1, 0.15) is 37.5 Å². The van der Waals surface area contributed by atoms with Crippen molar-refractivity contribution in [3.05, 3.63) is 82.4 Å². The molecule has 174 valence electrons. The predicted octanol–water partition coefficient (Wildman–Crippen LogP) is 8.20. The molecule has 0 atom stereocenters. The van der Waals surface area contributed by atoms with Crippen molar-refractivity contribution in [2.75, 3.05) is 0 Å². The number of hydrogen-bond acceptors (Lipinski definition) is 2. The minimum atomic E-state index is -4.46. The highest BCUT2D eigenvalue weighted by atomic mass is 35.5. The van der Waals surface area contributed by atoms with Crippen molar-refractivity contribution >= 4 is 35.0 Å². The summed E-state index contributed by atoms with van der Waals surface area (Å²) in [6.45, 7) is 6.15. The largest absolute Gasteiger partial charge is 0.488 e. The number of alkyl halides is 3. The van der Waals surface area contributed by atoms with Gasteiger partial charge in [-0.2, -0.15) is 13.2 Å². The Morgan fingerprint density at radius 1 is 0.970 bits per heavy atom. The number of halogens is 5. The first-order valence-corrected chi connectivity index (χ1v) is 10.5. The zero-order valence-corrected chi connectivity index (χ0v) is 19.8. The Morgan fingerprint density at radius 2 is 1.70 bits per heavy atom. The van der Waals surface area contributed by atoms with Gasteiger partial charge >= 0.3 is 6.18 Å². The van der Waals surface area contributed by atoms with Gasteiger partial charge in [0.15, 0.2) is 0 Å². The quantitative estimate of drug-likeness (QED) is 0.310. The molecule has 0 spiro atoms. The average Bonchev–Trinajstić information content (AvgIpc) is 3.14. The van der Waals surface area contributed by atoms with Gasteiger partial charge in [0.25, 0.3) is 0 Å². The van der Waals surface area contributed by atoms with Crippen LogP contribution in [0.25, 0.3) is 22.4 Å². The molecule has 0 aliphatic heterocycles. The van der Waals surface area contributed by atoms with Crippen LogP contribution in [0.5, 0.6) is 5.75 Å². The second-order valence-corrected chi connectivity index (χ2v) is 9.09. The second-order valence-electron chi connectivity index (χ2n) is 8.65. The lowest BCUT2D eigenvalue weighted by Crippen LogP contribution is -2.11. The van der Waals surface area contributed by atoms with Crippen molar-refractivity contribution in [3.8, 4) is 17.1 Å². The third-order valence-corrected chi connectivity index (χ3v) is 5.49. The highest BCUT2D eigenvalue weighted by molar-refractivity contribution is 6.30. The van der Waals surface area contributed by atoms with Gasteiger partial charge in [-0.05, 0) is 47.4 Å². The molecule has 0 fully saturated rings.